The third kappa shape index (κ3) is 1.78. The van der Waals surface area contributed by atoms with Gasteiger partial charge in [0, 0.05) is 7.11 Å². The monoisotopic (exact) mass is 235 g/mol. The van der Waals surface area contributed by atoms with Crippen molar-refractivity contribution in [2.45, 2.75) is 12.1 Å². The Bertz CT molecular complexity index is 429. The second kappa shape index (κ2) is 4.55. The van der Waals surface area contributed by atoms with Crippen LogP contribution < -0.4 is 4.74 Å². The molecule has 2 rings (SSSR count). The van der Waals surface area contributed by atoms with Gasteiger partial charge in [0.05, 0.1) is 13.2 Å². The van der Waals surface area contributed by atoms with Crippen molar-refractivity contribution in [3.8, 4) is 5.75 Å². The second-order valence-electron chi connectivity index (χ2n) is 3.73. The first-order valence-corrected chi connectivity index (χ1v) is 5.17. The van der Waals surface area contributed by atoms with Crippen LogP contribution >= 0.6 is 0 Å². The van der Waals surface area contributed by atoms with Crippen molar-refractivity contribution in [3.63, 3.8) is 0 Å². The summed E-state index contributed by atoms with van der Waals surface area (Å²) in [6, 6.07) is 6.87. The third-order valence-electron chi connectivity index (χ3n) is 2.91. The van der Waals surface area contributed by atoms with Gasteiger partial charge in [-0.3, -0.25) is 14.5 Å². The number of rotatable bonds is 4. The maximum Gasteiger partial charge on any atom is 0.261 e. The van der Waals surface area contributed by atoms with Crippen LogP contribution in [0.3, 0.4) is 0 Å². The quantitative estimate of drug-likeness (QED) is 0.571. The van der Waals surface area contributed by atoms with Gasteiger partial charge in [0.25, 0.3) is 5.91 Å². The molecule has 5 heteroatoms. The molecule has 1 saturated heterocycles. The van der Waals surface area contributed by atoms with E-state index in [9.17, 15) is 9.59 Å². The summed E-state index contributed by atoms with van der Waals surface area (Å²) in [4.78, 5) is 23.4. The lowest BCUT2D eigenvalue weighted by atomic mass is 9.91. The maximum atomic E-state index is 11.5. The average molecular weight is 235 g/mol. The van der Waals surface area contributed by atoms with Crippen molar-refractivity contribution in [1.82, 2.24) is 4.90 Å². The van der Waals surface area contributed by atoms with Crippen LogP contribution in [0.5, 0.6) is 5.75 Å². The summed E-state index contributed by atoms with van der Waals surface area (Å²) in [6.45, 7) is 0. The molecule has 1 aliphatic rings. The van der Waals surface area contributed by atoms with Gasteiger partial charge in [-0.15, -0.1) is 0 Å². The molecule has 1 aromatic rings. The topological polar surface area (TPSA) is 55.8 Å². The number of carbonyl (C=O) groups excluding carboxylic acids is 2. The molecular weight excluding hydrogens is 222 g/mol. The Morgan fingerprint density at radius 3 is 2.35 bits per heavy atom. The molecule has 0 saturated carbocycles. The van der Waals surface area contributed by atoms with Gasteiger partial charge in [0.2, 0.25) is 6.41 Å². The molecule has 1 fully saturated rings. The van der Waals surface area contributed by atoms with Crippen LogP contribution in [0.15, 0.2) is 24.3 Å². The molecule has 0 N–H and O–H groups in total. The molecule has 5 nitrogen and oxygen atoms in total. The summed E-state index contributed by atoms with van der Waals surface area (Å²) < 4.78 is 10.1. The first kappa shape index (κ1) is 11.6. The third-order valence-corrected chi connectivity index (χ3v) is 2.91. The SMILES string of the molecule is COc1ccc([C@H]2[C@@H](OC)C(=O)N2C=O)cc1. The first-order chi connectivity index (χ1) is 8.22. The molecule has 1 aliphatic heterocycles. The molecule has 0 bridgehead atoms. The normalized spacial score (nSPS) is 23.2. The van der Waals surface area contributed by atoms with E-state index in [0.717, 1.165) is 16.2 Å². The molecule has 0 unspecified atom stereocenters. The molecule has 1 aromatic carbocycles. The highest BCUT2D eigenvalue weighted by atomic mass is 16.5. The summed E-state index contributed by atoms with van der Waals surface area (Å²) in [6.07, 6.45) is -0.0409. The Morgan fingerprint density at radius 1 is 1.24 bits per heavy atom. The molecule has 2 amide bonds. The van der Waals surface area contributed by atoms with Crippen LogP contribution in [0.4, 0.5) is 0 Å². The molecular formula is C12H13NO4. The number of hydrogen-bond acceptors (Lipinski definition) is 4. The maximum absolute atomic E-state index is 11.5. The zero-order valence-electron chi connectivity index (χ0n) is 9.62. The number of imide groups is 1. The lowest BCUT2D eigenvalue weighted by molar-refractivity contribution is -0.172. The lowest BCUT2D eigenvalue weighted by Gasteiger charge is -2.42. The van der Waals surface area contributed by atoms with E-state index >= 15 is 0 Å². The van der Waals surface area contributed by atoms with Crippen molar-refractivity contribution in [1.29, 1.82) is 0 Å². The Morgan fingerprint density at radius 2 is 1.88 bits per heavy atom. The molecule has 0 aromatic heterocycles. The highest BCUT2D eigenvalue weighted by Gasteiger charge is 2.48. The van der Waals surface area contributed by atoms with Crippen LogP contribution in [0.2, 0.25) is 0 Å². The van der Waals surface area contributed by atoms with Crippen LogP contribution in [-0.4, -0.2) is 37.5 Å². The second-order valence-corrected chi connectivity index (χ2v) is 3.73. The van der Waals surface area contributed by atoms with Crippen LogP contribution in [0.1, 0.15) is 11.6 Å². The Hall–Kier alpha value is -1.88. The van der Waals surface area contributed by atoms with Gasteiger partial charge >= 0.3 is 0 Å². The molecule has 17 heavy (non-hydrogen) atoms. The number of amides is 2. The smallest absolute Gasteiger partial charge is 0.261 e. The van der Waals surface area contributed by atoms with E-state index in [2.05, 4.69) is 0 Å². The minimum Gasteiger partial charge on any atom is -0.497 e. The number of hydrogen-bond donors (Lipinski definition) is 0. The van der Waals surface area contributed by atoms with E-state index in [4.69, 9.17) is 9.47 Å². The van der Waals surface area contributed by atoms with Gasteiger partial charge in [-0.1, -0.05) is 12.1 Å². The van der Waals surface area contributed by atoms with Gasteiger partial charge in [0.15, 0.2) is 6.10 Å². The minimum atomic E-state index is -0.575. The molecule has 90 valence electrons. The zero-order chi connectivity index (χ0) is 12.4. The summed E-state index contributed by atoms with van der Waals surface area (Å²) in [5.74, 6) is 0.425. The minimum absolute atomic E-state index is 0.302. The molecule has 0 aliphatic carbocycles. The molecule has 0 radical (unpaired) electrons. The van der Waals surface area contributed by atoms with Gasteiger partial charge in [-0.2, -0.15) is 0 Å². The highest BCUT2D eigenvalue weighted by molar-refractivity contribution is 5.97. The fraction of sp³-hybridized carbons (Fsp3) is 0.333. The predicted molar refractivity (Wildman–Crippen MR) is 59.4 cm³/mol. The Balaban J connectivity index is 2.25. The standard InChI is InChI=1S/C12H13NO4/c1-16-9-5-3-8(4-6-9)10-11(17-2)12(15)13(10)7-14/h3-7,10-11H,1-2H3/t10-,11+/m0/s1. The van der Waals surface area contributed by atoms with Gasteiger partial charge in [0.1, 0.15) is 5.75 Å². The van der Waals surface area contributed by atoms with E-state index in [-0.39, 0.29) is 11.9 Å². The predicted octanol–water partition coefficient (Wildman–Crippen LogP) is 0.750. The summed E-state index contributed by atoms with van der Waals surface area (Å²) in [5.41, 5.74) is 0.851. The van der Waals surface area contributed by atoms with Crippen molar-refractivity contribution in [2.75, 3.05) is 14.2 Å². The van der Waals surface area contributed by atoms with Gasteiger partial charge in [-0.05, 0) is 17.7 Å². The van der Waals surface area contributed by atoms with E-state index in [1.165, 1.54) is 7.11 Å². The number of β-lactam (4-membered cyclic amide) rings is 1. The van der Waals surface area contributed by atoms with Crippen LogP contribution in [0, 0.1) is 0 Å². The largest absolute Gasteiger partial charge is 0.497 e. The number of methoxy groups -OCH3 is 2. The average Bonchev–Trinajstić information content (AvgIpc) is 2.37. The fourth-order valence-electron chi connectivity index (χ4n) is 1.97. The summed E-state index contributed by atoms with van der Waals surface area (Å²) in [5, 5.41) is 0. The van der Waals surface area contributed by atoms with Crippen molar-refractivity contribution < 1.29 is 19.1 Å². The molecule has 0 spiro atoms. The van der Waals surface area contributed by atoms with E-state index in [0.29, 0.717) is 6.41 Å². The van der Waals surface area contributed by atoms with Gasteiger partial charge in [-0.25, -0.2) is 0 Å². The van der Waals surface area contributed by atoms with Crippen molar-refractivity contribution in [2.24, 2.45) is 0 Å². The number of ether oxygens (including phenoxy) is 2. The first-order valence-electron chi connectivity index (χ1n) is 5.17. The van der Waals surface area contributed by atoms with Crippen LogP contribution in [0.25, 0.3) is 0 Å². The lowest BCUT2D eigenvalue weighted by Crippen LogP contribution is -2.58. The number of benzene rings is 1. The Labute approximate surface area is 98.9 Å². The van der Waals surface area contributed by atoms with E-state index < -0.39 is 6.10 Å². The Kier molecular flexibility index (Phi) is 3.10. The van der Waals surface area contributed by atoms with Crippen molar-refractivity contribution >= 4 is 12.3 Å². The van der Waals surface area contributed by atoms with Crippen molar-refractivity contribution in [3.05, 3.63) is 29.8 Å². The zero-order valence-corrected chi connectivity index (χ0v) is 9.62. The van der Waals surface area contributed by atoms with Gasteiger partial charge < -0.3 is 9.47 Å². The van der Waals surface area contributed by atoms with Crippen LogP contribution in [-0.2, 0) is 14.3 Å². The number of carbonyl (C=O) groups is 2. The number of likely N-dealkylation sites (tertiary alicyclic amines) is 1. The van der Waals surface area contributed by atoms with E-state index in [1.54, 1.807) is 19.2 Å². The highest BCUT2D eigenvalue weighted by Crippen LogP contribution is 2.35. The summed E-state index contributed by atoms with van der Waals surface area (Å²) in [7, 11) is 3.04. The molecule has 2 atom stereocenters. The fourth-order valence-corrected chi connectivity index (χ4v) is 1.97. The number of nitrogens with zero attached hydrogens (tertiary/aromatic N) is 1. The van der Waals surface area contributed by atoms with E-state index in [1.807, 2.05) is 12.1 Å². The molecule has 1 heterocycles. The summed E-state index contributed by atoms with van der Waals surface area (Å²) >= 11 is 0.